The minimum atomic E-state index is 0.168. The summed E-state index contributed by atoms with van der Waals surface area (Å²) in [4.78, 5) is 9.40. The molecule has 9 aromatic rings. The second kappa shape index (κ2) is 12.8. The molecule has 0 aliphatic heterocycles. The van der Waals surface area contributed by atoms with Gasteiger partial charge in [-0.15, -0.1) is 0 Å². The number of nitrogens with zero attached hydrogens (tertiary/aromatic N) is 3. The fourth-order valence-corrected chi connectivity index (χ4v) is 7.05. The second-order valence-corrected chi connectivity index (χ2v) is 12.6. The van der Waals surface area contributed by atoms with E-state index in [9.17, 15) is 0 Å². The van der Waals surface area contributed by atoms with Crippen LogP contribution < -0.4 is 0 Å². The molecular weight excluding hydrogens is 621 g/mol. The average Bonchev–Trinajstić information content (AvgIpc) is 3.56. The zero-order valence-electron chi connectivity index (χ0n) is 27.7. The Balaban J connectivity index is 1.09. The molecule has 0 fully saturated rings. The van der Waals surface area contributed by atoms with Crippen LogP contribution in [0.3, 0.4) is 0 Å². The first-order valence-corrected chi connectivity index (χ1v) is 17.1. The first kappa shape index (κ1) is 30.2. The predicted octanol–water partition coefficient (Wildman–Crippen LogP) is 11.6. The van der Waals surface area contributed by atoms with E-state index in [1.54, 1.807) is 6.21 Å². The number of hydrogen-bond donors (Lipinski definition) is 1. The molecular formula is C47H32N4. The Kier molecular flexibility index (Phi) is 7.60. The quantitative estimate of drug-likeness (QED) is 0.142. The average molecular weight is 653 g/mol. The van der Waals surface area contributed by atoms with Crippen LogP contribution in [0.4, 0.5) is 0 Å². The van der Waals surface area contributed by atoms with Crippen molar-refractivity contribution in [3.8, 4) is 16.8 Å². The van der Waals surface area contributed by atoms with Crippen LogP contribution in [0.2, 0.25) is 0 Å². The van der Waals surface area contributed by atoms with Crippen molar-refractivity contribution in [2.75, 3.05) is 0 Å². The topological polar surface area (TPSA) is 53.5 Å². The Morgan fingerprint density at radius 2 is 0.980 bits per heavy atom. The van der Waals surface area contributed by atoms with E-state index in [1.165, 1.54) is 43.4 Å². The Morgan fingerprint density at radius 3 is 1.57 bits per heavy atom. The van der Waals surface area contributed by atoms with E-state index in [0.717, 1.165) is 33.5 Å². The highest BCUT2D eigenvalue weighted by Crippen LogP contribution is 2.40. The molecule has 1 heterocycles. The van der Waals surface area contributed by atoms with Crippen molar-refractivity contribution in [1.82, 2.24) is 4.57 Å². The first-order valence-electron chi connectivity index (χ1n) is 17.1. The SMILES string of the molecule is N=C(N=C(N=Cc1ccccc1)c1ccc(-c2ccc(-n3c4ccc5ccccc5c4c4c5ccccc5ccc43)cc2)cc1)c1ccccc1. The molecule has 9 rings (SSSR count). The minimum Gasteiger partial charge on any atom is -0.309 e. The second-order valence-electron chi connectivity index (χ2n) is 12.6. The van der Waals surface area contributed by atoms with Crippen LogP contribution in [-0.4, -0.2) is 22.5 Å². The van der Waals surface area contributed by atoms with Crippen LogP contribution in [-0.2, 0) is 0 Å². The molecule has 0 bridgehead atoms. The van der Waals surface area contributed by atoms with Crippen molar-refractivity contribution in [3.05, 3.63) is 199 Å². The summed E-state index contributed by atoms with van der Waals surface area (Å²) in [5.41, 5.74) is 8.27. The molecule has 0 aliphatic rings. The summed E-state index contributed by atoms with van der Waals surface area (Å²) in [6, 6.07) is 62.9. The number of nitrogens with one attached hydrogen (secondary N) is 1. The maximum absolute atomic E-state index is 8.67. The third kappa shape index (κ3) is 5.59. The van der Waals surface area contributed by atoms with E-state index in [2.05, 4.69) is 119 Å². The summed E-state index contributed by atoms with van der Waals surface area (Å²) in [5.74, 6) is 0.655. The van der Waals surface area contributed by atoms with Crippen molar-refractivity contribution >= 4 is 61.2 Å². The maximum atomic E-state index is 8.67. The summed E-state index contributed by atoms with van der Waals surface area (Å²) in [5, 5.41) is 16.2. The van der Waals surface area contributed by atoms with E-state index in [-0.39, 0.29) is 5.84 Å². The lowest BCUT2D eigenvalue weighted by atomic mass is 10.00. The molecule has 51 heavy (non-hydrogen) atoms. The molecule has 0 radical (unpaired) electrons. The normalized spacial score (nSPS) is 12.0. The van der Waals surface area contributed by atoms with E-state index < -0.39 is 0 Å². The van der Waals surface area contributed by atoms with Crippen molar-refractivity contribution in [1.29, 1.82) is 5.41 Å². The van der Waals surface area contributed by atoms with Crippen molar-refractivity contribution < 1.29 is 0 Å². The molecule has 0 atom stereocenters. The van der Waals surface area contributed by atoms with Crippen molar-refractivity contribution in [3.63, 3.8) is 0 Å². The molecule has 0 spiro atoms. The van der Waals surface area contributed by atoms with Gasteiger partial charge in [0.05, 0.1) is 11.0 Å². The van der Waals surface area contributed by atoms with Crippen LogP contribution in [0, 0.1) is 5.41 Å². The van der Waals surface area contributed by atoms with Crippen LogP contribution in [0.15, 0.2) is 192 Å². The number of amidine groups is 2. The maximum Gasteiger partial charge on any atom is 0.161 e. The summed E-state index contributed by atoms with van der Waals surface area (Å²) in [6.45, 7) is 0. The van der Waals surface area contributed by atoms with E-state index in [0.29, 0.717) is 5.84 Å². The zero-order chi connectivity index (χ0) is 34.1. The van der Waals surface area contributed by atoms with Crippen LogP contribution in [0.25, 0.3) is 60.2 Å². The fourth-order valence-electron chi connectivity index (χ4n) is 7.05. The summed E-state index contributed by atoms with van der Waals surface area (Å²) >= 11 is 0. The van der Waals surface area contributed by atoms with Gasteiger partial charge in [0, 0.05) is 33.8 Å². The van der Waals surface area contributed by atoms with Gasteiger partial charge < -0.3 is 4.57 Å². The minimum absolute atomic E-state index is 0.168. The molecule has 0 saturated heterocycles. The molecule has 1 aromatic heterocycles. The number of aliphatic imine (C=N–C) groups is 2. The van der Waals surface area contributed by atoms with Crippen molar-refractivity contribution in [2.45, 2.75) is 0 Å². The van der Waals surface area contributed by atoms with Gasteiger partial charge in [-0.25, -0.2) is 9.98 Å². The van der Waals surface area contributed by atoms with Crippen LogP contribution in [0.5, 0.6) is 0 Å². The van der Waals surface area contributed by atoms with E-state index in [4.69, 9.17) is 10.4 Å². The summed E-state index contributed by atoms with van der Waals surface area (Å²) < 4.78 is 2.39. The van der Waals surface area contributed by atoms with Crippen LogP contribution in [0.1, 0.15) is 16.7 Å². The van der Waals surface area contributed by atoms with Gasteiger partial charge in [-0.3, -0.25) is 5.41 Å². The largest absolute Gasteiger partial charge is 0.309 e. The number of aromatic nitrogens is 1. The summed E-state index contributed by atoms with van der Waals surface area (Å²) in [6.07, 6.45) is 1.80. The number of hydrogen-bond acceptors (Lipinski definition) is 1. The van der Waals surface area contributed by atoms with Gasteiger partial charge in [0.1, 0.15) is 0 Å². The van der Waals surface area contributed by atoms with Gasteiger partial charge in [0.15, 0.2) is 11.7 Å². The summed E-state index contributed by atoms with van der Waals surface area (Å²) in [7, 11) is 0. The van der Waals surface area contributed by atoms with Gasteiger partial charge >= 0.3 is 0 Å². The Bertz CT molecular complexity index is 2680. The van der Waals surface area contributed by atoms with Gasteiger partial charge in [-0.2, -0.15) is 0 Å². The predicted molar refractivity (Wildman–Crippen MR) is 215 cm³/mol. The smallest absolute Gasteiger partial charge is 0.161 e. The monoisotopic (exact) mass is 652 g/mol. The Morgan fingerprint density at radius 1 is 0.471 bits per heavy atom. The molecule has 1 N–H and O–H groups in total. The number of rotatable bonds is 5. The van der Waals surface area contributed by atoms with Gasteiger partial charge in [0.2, 0.25) is 0 Å². The Labute approximate surface area is 295 Å². The molecule has 0 saturated carbocycles. The molecule has 0 amide bonds. The van der Waals surface area contributed by atoms with Crippen LogP contribution >= 0.6 is 0 Å². The lowest BCUT2D eigenvalue weighted by Crippen LogP contribution is -2.04. The van der Waals surface area contributed by atoms with E-state index in [1.807, 2.05) is 72.8 Å². The highest BCUT2D eigenvalue weighted by Gasteiger charge is 2.17. The van der Waals surface area contributed by atoms with E-state index >= 15 is 0 Å². The van der Waals surface area contributed by atoms with Gasteiger partial charge in [0.25, 0.3) is 0 Å². The zero-order valence-corrected chi connectivity index (χ0v) is 27.7. The Hall–Kier alpha value is -6.91. The molecule has 4 nitrogen and oxygen atoms in total. The standard InChI is InChI=1S/C47H32N4/c48-46(37-15-5-2-6-16-37)50-47(49-31-32-11-3-1-4-12-32)38-21-19-33(20-22-38)34-23-27-39(28-24-34)51-42-29-25-35-13-7-9-17-40(35)44(42)45-41-18-10-8-14-36(41)26-30-43(45)51/h1-31,48H. The third-order valence-corrected chi connectivity index (χ3v) is 9.55. The highest BCUT2D eigenvalue weighted by atomic mass is 15.0. The number of fused-ring (bicyclic) bond motifs is 7. The third-order valence-electron chi connectivity index (χ3n) is 9.55. The fraction of sp³-hybridized carbons (Fsp3) is 0. The molecule has 0 unspecified atom stereocenters. The van der Waals surface area contributed by atoms with Crippen molar-refractivity contribution in [2.24, 2.45) is 9.98 Å². The molecule has 4 heteroatoms. The lowest BCUT2D eigenvalue weighted by Gasteiger charge is -2.10. The van der Waals surface area contributed by atoms with Gasteiger partial charge in [-0.1, -0.05) is 158 Å². The first-order chi connectivity index (χ1) is 25.2. The molecule has 0 aliphatic carbocycles. The number of benzene rings is 8. The molecule has 8 aromatic carbocycles. The lowest BCUT2D eigenvalue weighted by molar-refractivity contribution is 1.18. The highest BCUT2D eigenvalue weighted by molar-refractivity contribution is 6.28. The van der Waals surface area contributed by atoms with Gasteiger partial charge in [-0.05, 0) is 62.5 Å². The molecule has 240 valence electrons.